The van der Waals surface area contributed by atoms with E-state index < -0.39 is 0 Å². The molecule has 0 aromatic heterocycles. The molecule has 0 spiro atoms. The van der Waals surface area contributed by atoms with E-state index in [0.29, 0.717) is 6.04 Å². The molecule has 1 N–H and O–H groups in total. The van der Waals surface area contributed by atoms with Gasteiger partial charge in [0, 0.05) is 24.6 Å². The molecule has 2 nitrogen and oxygen atoms in total. The Bertz CT molecular complexity index is 390. The van der Waals surface area contributed by atoms with Crippen molar-refractivity contribution in [2.45, 2.75) is 32.2 Å². The quantitative estimate of drug-likeness (QED) is 0.903. The molecule has 0 saturated heterocycles. The van der Waals surface area contributed by atoms with Gasteiger partial charge in [-0.05, 0) is 43.4 Å². The van der Waals surface area contributed by atoms with Crippen LogP contribution in [-0.2, 0) is 0 Å². The molecule has 1 aliphatic rings. The molecule has 17 heavy (non-hydrogen) atoms. The second-order valence-corrected chi connectivity index (χ2v) is 6.23. The van der Waals surface area contributed by atoms with E-state index in [9.17, 15) is 0 Å². The van der Waals surface area contributed by atoms with Gasteiger partial charge in [-0.15, -0.1) is 0 Å². The van der Waals surface area contributed by atoms with Crippen LogP contribution < -0.4 is 10.2 Å². The summed E-state index contributed by atoms with van der Waals surface area (Å²) in [4.78, 5) is 2.16. The zero-order valence-corrected chi connectivity index (χ0v) is 12.4. The summed E-state index contributed by atoms with van der Waals surface area (Å²) in [5.74, 6) is 0.863. The van der Waals surface area contributed by atoms with Crippen molar-refractivity contribution in [1.82, 2.24) is 0 Å². The maximum atomic E-state index is 3.69. The Labute approximate surface area is 113 Å². The van der Waals surface area contributed by atoms with Gasteiger partial charge < -0.3 is 10.2 Å². The lowest BCUT2D eigenvalue weighted by atomic mass is 10.1. The van der Waals surface area contributed by atoms with Crippen molar-refractivity contribution in [1.29, 1.82) is 0 Å². The summed E-state index contributed by atoms with van der Waals surface area (Å²) >= 11 is 3.55. The van der Waals surface area contributed by atoms with E-state index in [4.69, 9.17) is 0 Å². The second-order valence-electron chi connectivity index (χ2n) is 5.32. The molecule has 1 fully saturated rings. The fraction of sp³-hybridized carbons (Fsp3) is 0.571. The summed E-state index contributed by atoms with van der Waals surface area (Å²) < 4.78 is 1.14. The largest absolute Gasteiger partial charge is 0.381 e. The van der Waals surface area contributed by atoms with Crippen LogP contribution in [0.1, 0.15) is 26.2 Å². The van der Waals surface area contributed by atoms with Crippen LogP contribution in [0, 0.1) is 5.92 Å². The van der Waals surface area contributed by atoms with E-state index in [1.54, 1.807) is 0 Å². The molecule has 2 atom stereocenters. The number of nitrogens with zero attached hydrogens (tertiary/aromatic N) is 1. The molecule has 94 valence electrons. The van der Waals surface area contributed by atoms with Crippen LogP contribution in [0.2, 0.25) is 0 Å². The molecule has 0 bridgehead atoms. The van der Waals surface area contributed by atoms with Crippen LogP contribution >= 0.6 is 15.9 Å². The normalized spacial score (nSPS) is 23.8. The highest BCUT2D eigenvalue weighted by molar-refractivity contribution is 9.10. The van der Waals surface area contributed by atoms with Crippen LogP contribution in [0.25, 0.3) is 0 Å². The van der Waals surface area contributed by atoms with E-state index >= 15 is 0 Å². The van der Waals surface area contributed by atoms with Gasteiger partial charge in [0.1, 0.15) is 0 Å². The third-order valence-corrected chi connectivity index (χ3v) is 3.99. The minimum Gasteiger partial charge on any atom is -0.381 e. The van der Waals surface area contributed by atoms with Crippen LogP contribution in [0.3, 0.4) is 0 Å². The Hall–Kier alpha value is -0.700. The molecule has 0 aliphatic heterocycles. The summed E-state index contributed by atoms with van der Waals surface area (Å²) in [6.45, 7) is 2.34. The van der Waals surface area contributed by atoms with Crippen molar-refractivity contribution in [2.24, 2.45) is 5.92 Å². The number of anilines is 2. The number of hydrogen-bond donors (Lipinski definition) is 1. The van der Waals surface area contributed by atoms with Crippen LogP contribution in [0.5, 0.6) is 0 Å². The molecule has 0 radical (unpaired) electrons. The van der Waals surface area contributed by atoms with Gasteiger partial charge in [0.25, 0.3) is 0 Å². The summed E-state index contributed by atoms with van der Waals surface area (Å²) in [5, 5.41) is 3.69. The maximum Gasteiger partial charge on any atom is 0.0597 e. The molecule has 1 aromatic carbocycles. The third-order valence-electron chi connectivity index (χ3n) is 3.49. The van der Waals surface area contributed by atoms with Crippen molar-refractivity contribution in [3.05, 3.63) is 22.7 Å². The topological polar surface area (TPSA) is 15.3 Å². The van der Waals surface area contributed by atoms with E-state index in [2.05, 4.69) is 65.4 Å². The molecular formula is C14H21BrN2. The molecule has 2 unspecified atom stereocenters. The molecule has 3 heteroatoms. The van der Waals surface area contributed by atoms with Crippen molar-refractivity contribution in [3.8, 4) is 0 Å². The average molecular weight is 297 g/mol. The zero-order valence-electron chi connectivity index (χ0n) is 10.8. The number of halogens is 1. The van der Waals surface area contributed by atoms with Crippen LogP contribution in [0.15, 0.2) is 22.7 Å². The Kier molecular flexibility index (Phi) is 3.97. The summed E-state index contributed by atoms with van der Waals surface area (Å²) in [6.07, 6.45) is 3.93. The first-order valence-corrected chi connectivity index (χ1v) is 7.09. The molecule has 1 saturated carbocycles. The van der Waals surface area contributed by atoms with Crippen molar-refractivity contribution < 1.29 is 0 Å². The molecule has 0 amide bonds. The van der Waals surface area contributed by atoms with Crippen LogP contribution in [0.4, 0.5) is 11.4 Å². The summed E-state index contributed by atoms with van der Waals surface area (Å²) in [5.41, 5.74) is 2.50. The lowest BCUT2D eigenvalue weighted by molar-refractivity contribution is 0.602. The SMILES string of the molecule is CC1CCC(Nc2cc(Br)ccc2N(C)C)C1. The first kappa shape index (κ1) is 12.7. The van der Waals surface area contributed by atoms with Gasteiger partial charge in [-0.25, -0.2) is 0 Å². The minimum atomic E-state index is 0.637. The van der Waals surface area contributed by atoms with E-state index in [1.807, 2.05) is 0 Å². The monoisotopic (exact) mass is 296 g/mol. The fourth-order valence-electron chi connectivity index (χ4n) is 2.57. The van der Waals surface area contributed by atoms with E-state index in [0.717, 1.165) is 10.4 Å². The van der Waals surface area contributed by atoms with Crippen molar-refractivity contribution in [2.75, 3.05) is 24.3 Å². The Balaban J connectivity index is 2.16. The molecular weight excluding hydrogens is 276 g/mol. The lowest BCUT2D eigenvalue weighted by Crippen LogP contribution is -2.18. The number of nitrogens with one attached hydrogen (secondary N) is 1. The predicted molar refractivity (Wildman–Crippen MR) is 78.9 cm³/mol. The Morgan fingerprint density at radius 3 is 2.65 bits per heavy atom. The molecule has 2 rings (SSSR count). The Morgan fingerprint density at radius 2 is 2.06 bits per heavy atom. The first-order valence-electron chi connectivity index (χ1n) is 6.29. The van der Waals surface area contributed by atoms with Crippen molar-refractivity contribution in [3.63, 3.8) is 0 Å². The highest BCUT2D eigenvalue weighted by Gasteiger charge is 2.21. The standard InChI is InChI=1S/C14H21BrN2/c1-10-4-6-12(8-10)16-13-9-11(15)5-7-14(13)17(2)3/h5,7,9-10,12,16H,4,6,8H2,1-3H3. The average Bonchev–Trinajstić information content (AvgIpc) is 2.63. The maximum absolute atomic E-state index is 3.69. The summed E-state index contributed by atoms with van der Waals surface area (Å²) in [6, 6.07) is 7.07. The molecule has 1 aliphatic carbocycles. The van der Waals surface area contributed by atoms with Crippen LogP contribution in [-0.4, -0.2) is 20.1 Å². The highest BCUT2D eigenvalue weighted by Crippen LogP contribution is 2.33. The van der Waals surface area contributed by atoms with E-state index in [-0.39, 0.29) is 0 Å². The fourth-order valence-corrected chi connectivity index (χ4v) is 2.93. The smallest absolute Gasteiger partial charge is 0.0597 e. The van der Waals surface area contributed by atoms with Gasteiger partial charge in [-0.2, -0.15) is 0 Å². The third kappa shape index (κ3) is 3.15. The lowest BCUT2D eigenvalue weighted by Gasteiger charge is -2.22. The van der Waals surface area contributed by atoms with Gasteiger partial charge in [-0.1, -0.05) is 22.9 Å². The molecule has 1 aromatic rings. The number of benzene rings is 1. The van der Waals surface area contributed by atoms with Crippen molar-refractivity contribution >= 4 is 27.3 Å². The van der Waals surface area contributed by atoms with E-state index in [1.165, 1.54) is 30.6 Å². The summed E-state index contributed by atoms with van der Waals surface area (Å²) in [7, 11) is 4.18. The van der Waals surface area contributed by atoms with Gasteiger partial charge in [0.05, 0.1) is 11.4 Å². The van der Waals surface area contributed by atoms with Gasteiger partial charge >= 0.3 is 0 Å². The van der Waals surface area contributed by atoms with Gasteiger partial charge in [0.2, 0.25) is 0 Å². The number of rotatable bonds is 3. The number of hydrogen-bond acceptors (Lipinski definition) is 2. The highest BCUT2D eigenvalue weighted by atomic mass is 79.9. The predicted octanol–water partition coefficient (Wildman–Crippen LogP) is 4.12. The zero-order chi connectivity index (χ0) is 12.4. The van der Waals surface area contributed by atoms with Gasteiger partial charge in [-0.3, -0.25) is 0 Å². The first-order chi connectivity index (χ1) is 8.06. The van der Waals surface area contributed by atoms with Gasteiger partial charge in [0.15, 0.2) is 0 Å². The minimum absolute atomic E-state index is 0.637. The molecule has 0 heterocycles. The second kappa shape index (κ2) is 5.30. The Morgan fingerprint density at radius 1 is 1.29 bits per heavy atom.